The monoisotopic (exact) mass is 683 g/mol. The van der Waals surface area contributed by atoms with Gasteiger partial charge in [0.05, 0.1) is 32.1 Å². The summed E-state index contributed by atoms with van der Waals surface area (Å²) >= 11 is 38.0. The van der Waals surface area contributed by atoms with Crippen LogP contribution in [0.4, 0.5) is 17.1 Å². The molecule has 29 heavy (non-hydrogen) atoms. The summed E-state index contributed by atoms with van der Waals surface area (Å²) in [4.78, 5) is 0. The van der Waals surface area contributed by atoms with E-state index in [1.807, 2.05) is 12.1 Å². The average molecular weight is 688 g/mol. The Hall–Kier alpha value is -0.0500. The molecule has 0 unspecified atom stereocenters. The molecular formula is C18H13Br3Cl5N3. The molecule has 0 bridgehead atoms. The van der Waals surface area contributed by atoms with Crippen LogP contribution in [0.3, 0.4) is 0 Å². The predicted molar refractivity (Wildman–Crippen MR) is 141 cm³/mol. The quantitative estimate of drug-likeness (QED) is 0.206. The van der Waals surface area contributed by atoms with Gasteiger partial charge in [0.2, 0.25) is 0 Å². The predicted octanol–water partition coefficient (Wildman–Crippen LogP) is 9.36. The van der Waals surface area contributed by atoms with Gasteiger partial charge in [0.25, 0.3) is 0 Å². The molecule has 3 aromatic carbocycles. The summed E-state index contributed by atoms with van der Waals surface area (Å²) in [5.41, 5.74) is 18.1. The van der Waals surface area contributed by atoms with Crippen LogP contribution in [-0.4, -0.2) is 0 Å². The van der Waals surface area contributed by atoms with Gasteiger partial charge in [-0.05, 0) is 74.3 Å². The lowest BCUT2D eigenvalue weighted by atomic mass is 10.3. The number of hydrogen-bond donors (Lipinski definition) is 3. The molecule has 0 saturated heterocycles. The highest BCUT2D eigenvalue weighted by atomic mass is 79.9. The van der Waals surface area contributed by atoms with E-state index in [1.165, 1.54) is 0 Å². The molecule has 0 aliphatic carbocycles. The fraction of sp³-hybridized carbons (Fsp3) is 0. The summed E-state index contributed by atoms with van der Waals surface area (Å²) in [6.07, 6.45) is 0. The van der Waals surface area contributed by atoms with Crippen LogP contribution < -0.4 is 17.2 Å². The first-order chi connectivity index (χ1) is 13.4. The molecule has 0 amide bonds. The molecule has 11 heteroatoms. The van der Waals surface area contributed by atoms with Gasteiger partial charge in [-0.25, -0.2) is 0 Å². The molecule has 156 valence electrons. The van der Waals surface area contributed by atoms with Crippen LogP contribution in [0.15, 0.2) is 55.9 Å². The molecule has 3 rings (SSSR count). The number of nitrogen functional groups attached to an aromatic ring is 3. The Bertz CT molecular complexity index is 901. The van der Waals surface area contributed by atoms with Gasteiger partial charge in [-0.2, -0.15) is 0 Å². The number of benzene rings is 3. The molecule has 0 aromatic heterocycles. The van der Waals surface area contributed by atoms with Gasteiger partial charge in [0.15, 0.2) is 0 Å². The summed E-state index contributed by atoms with van der Waals surface area (Å²) in [6, 6.07) is 11.9. The SMILES string of the molecule is Nc1c(Br)cc(Br)cc1Br.Nc1c(Cl)cc(Cl)cc1Cl.Nc1cc(Cl)ccc1Cl. The van der Waals surface area contributed by atoms with Crippen molar-refractivity contribution in [3.63, 3.8) is 0 Å². The first kappa shape index (κ1) is 27.0. The van der Waals surface area contributed by atoms with Crippen molar-refractivity contribution in [2.45, 2.75) is 0 Å². The highest BCUT2D eigenvalue weighted by molar-refractivity contribution is 9.11. The molecular weight excluding hydrogens is 675 g/mol. The van der Waals surface area contributed by atoms with Crippen molar-refractivity contribution in [2.75, 3.05) is 17.2 Å². The maximum absolute atomic E-state index is 5.64. The Kier molecular flexibility index (Phi) is 11.8. The molecule has 6 N–H and O–H groups in total. The van der Waals surface area contributed by atoms with Gasteiger partial charge >= 0.3 is 0 Å². The summed E-state index contributed by atoms with van der Waals surface area (Å²) in [7, 11) is 0. The van der Waals surface area contributed by atoms with Crippen LogP contribution in [0.25, 0.3) is 0 Å². The highest BCUT2D eigenvalue weighted by Gasteiger charge is 2.02. The van der Waals surface area contributed by atoms with Gasteiger partial charge in [0.1, 0.15) is 0 Å². The number of rotatable bonds is 0. The fourth-order valence-corrected chi connectivity index (χ4v) is 5.00. The number of halogens is 8. The van der Waals surface area contributed by atoms with E-state index in [2.05, 4.69) is 47.8 Å². The summed E-state index contributed by atoms with van der Waals surface area (Å²) in [6.45, 7) is 0. The van der Waals surface area contributed by atoms with Gasteiger partial charge < -0.3 is 17.2 Å². The second kappa shape index (κ2) is 12.7. The van der Waals surface area contributed by atoms with Gasteiger partial charge in [0, 0.05) is 23.5 Å². The smallest absolute Gasteiger partial charge is 0.0693 e. The Morgan fingerprint density at radius 2 is 1.03 bits per heavy atom. The zero-order chi connectivity index (χ0) is 22.3. The Morgan fingerprint density at radius 1 is 0.552 bits per heavy atom. The molecule has 0 heterocycles. The second-order valence-electron chi connectivity index (χ2n) is 5.23. The lowest BCUT2D eigenvalue weighted by Crippen LogP contribution is -1.87. The lowest BCUT2D eigenvalue weighted by molar-refractivity contribution is 1.55. The van der Waals surface area contributed by atoms with Crippen molar-refractivity contribution in [1.82, 2.24) is 0 Å². The molecule has 0 spiro atoms. The van der Waals surface area contributed by atoms with Crippen LogP contribution in [-0.2, 0) is 0 Å². The van der Waals surface area contributed by atoms with Crippen LogP contribution >= 0.6 is 106 Å². The number of hydrogen-bond acceptors (Lipinski definition) is 3. The van der Waals surface area contributed by atoms with Crippen molar-refractivity contribution in [1.29, 1.82) is 0 Å². The molecule has 0 aliphatic heterocycles. The third-order valence-electron chi connectivity index (χ3n) is 3.05. The lowest BCUT2D eigenvalue weighted by Gasteiger charge is -2.00. The Labute approximate surface area is 219 Å². The molecule has 3 aromatic rings. The molecule has 0 saturated carbocycles. The second-order valence-corrected chi connectivity index (χ2v) is 9.95. The van der Waals surface area contributed by atoms with Gasteiger partial charge in [-0.3, -0.25) is 0 Å². The molecule has 0 radical (unpaired) electrons. The van der Waals surface area contributed by atoms with Crippen LogP contribution in [0.1, 0.15) is 0 Å². The zero-order valence-electron chi connectivity index (χ0n) is 14.3. The van der Waals surface area contributed by atoms with E-state index in [0.717, 1.165) is 19.1 Å². The molecule has 0 fully saturated rings. The zero-order valence-corrected chi connectivity index (χ0v) is 22.8. The van der Waals surface area contributed by atoms with Crippen LogP contribution in [0.2, 0.25) is 25.1 Å². The average Bonchev–Trinajstić information content (AvgIpc) is 2.62. The van der Waals surface area contributed by atoms with Crippen LogP contribution in [0.5, 0.6) is 0 Å². The maximum Gasteiger partial charge on any atom is 0.0693 e. The largest absolute Gasteiger partial charge is 0.397 e. The van der Waals surface area contributed by atoms with Crippen molar-refractivity contribution < 1.29 is 0 Å². The van der Waals surface area contributed by atoms with E-state index in [9.17, 15) is 0 Å². The minimum atomic E-state index is 0.368. The van der Waals surface area contributed by atoms with Crippen LogP contribution in [0, 0.1) is 0 Å². The van der Waals surface area contributed by atoms with E-state index in [4.69, 9.17) is 75.2 Å². The third-order valence-corrected chi connectivity index (χ3v) is 6.24. The number of anilines is 3. The van der Waals surface area contributed by atoms with Gasteiger partial charge in [-0.15, -0.1) is 0 Å². The Morgan fingerprint density at radius 3 is 1.45 bits per heavy atom. The summed E-state index contributed by atoms with van der Waals surface area (Å²) in [5, 5.41) is 2.41. The Balaban J connectivity index is 0.000000218. The topological polar surface area (TPSA) is 78.1 Å². The van der Waals surface area contributed by atoms with Crippen molar-refractivity contribution >= 4 is 123 Å². The van der Waals surface area contributed by atoms with Crippen molar-refractivity contribution in [3.8, 4) is 0 Å². The molecule has 0 atom stereocenters. The van der Waals surface area contributed by atoms with E-state index < -0.39 is 0 Å². The van der Waals surface area contributed by atoms with E-state index in [1.54, 1.807) is 30.3 Å². The minimum Gasteiger partial charge on any atom is -0.397 e. The fourth-order valence-electron chi connectivity index (χ4n) is 1.62. The number of nitrogens with two attached hydrogens (primary N) is 3. The highest BCUT2D eigenvalue weighted by Crippen LogP contribution is 2.32. The molecule has 0 aliphatic rings. The summed E-state index contributed by atoms with van der Waals surface area (Å²) < 4.78 is 2.79. The normalized spacial score (nSPS) is 9.79. The minimum absolute atomic E-state index is 0.368. The first-order valence-electron chi connectivity index (χ1n) is 7.43. The third kappa shape index (κ3) is 9.32. The molecule has 3 nitrogen and oxygen atoms in total. The van der Waals surface area contributed by atoms with Crippen molar-refractivity contribution in [3.05, 3.63) is 81.0 Å². The van der Waals surface area contributed by atoms with E-state index >= 15 is 0 Å². The van der Waals surface area contributed by atoms with E-state index in [0.29, 0.717) is 36.5 Å². The summed E-state index contributed by atoms with van der Waals surface area (Å²) in [5.74, 6) is 0. The standard InChI is InChI=1S/C6H4Br3N.C6H4Cl3N.C6H5Cl2N/c2*7-3-1-4(8)6(10)5(9)2-3;7-4-1-2-5(8)6(9)3-4/h2*1-2H,10H2;1-3H,9H2. The van der Waals surface area contributed by atoms with E-state index in [-0.39, 0.29) is 0 Å². The first-order valence-corrected chi connectivity index (χ1v) is 11.7. The maximum atomic E-state index is 5.64. The van der Waals surface area contributed by atoms with Crippen molar-refractivity contribution in [2.24, 2.45) is 0 Å². The van der Waals surface area contributed by atoms with Gasteiger partial charge in [-0.1, -0.05) is 73.9 Å².